The van der Waals surface area contributed by atoms with Gasteiger partial charge in [0.2, 0.25) is 0 Å². The minimum atomic E-state index is -4.45. The number of halogens is 3. The molecule has 0 aliphatic heterocycles. The smallest absolute Gasteiger partial charge is 0.406 e. The van der Waals surface area contributed by atoms with E-state index in [2.05, 4.69) is 10.3 Å². The third kappa shape index (κ3) is 5.43. The first-order valence-electron chi connectivity index (χ1n) is 5.42. The maximum absolute atomic E-state index is 12.0. The van der Waals surface area contributed by atoms with Gasteiger partial charge in [0.1, 0.15) is 6.54 Å². The number of thiazole rings is 1. The van der Waals surface area contributed by atoms with Gasteiger partial charge in [0.05, 0.1) is 5.01 Å². The highest BCUT2D eigenvalue weighted by Gasteiger charge is 2.31. The Labute approximate surface area is 116 Å². The number of carboxylic acids is 1. The third-order valence-electron chi connectivity index (χ3n) is 2.15. The lowest BCUT2D eigenvalue weighted by Gasteiger charge is -2.19. The quantitative estimate of drug-likeness (QED) is 0.865. The minimum Gasteiger partial charge on any atom is -0.476 e. The van der Waals surface area contributed by atoms with Gasteiger partial charge in [-0.05, 0) is 0 Å². The van der Waals surface area contributed by atoms with Crippen LogP contribution in [0.25, 0.3) is 0 Å². The summed E-state index contributed by atoms with van der Waals surface area (Å²) in [6, 6.07) is -0.850. The van der Waals surface area contributed by atoms with E-state index in [0.29, 0.717) is 9.91 Å². The molecule has 0 aromatic carbocycles. The first-order valence-corrected chi connectivity index (χ1v) is 6.30. The van der Waals surface area contributed by atoms with E-state index in [1.807, 2.05) is 0 Å². The highest BCUT2D eigenvalue weighted by atomic mass is 32.1. The van der Waals surface area contributed by atoms with Crippen molar-refractivity contribution < 1.29 is 27.9 Å². The molecular weight excluding hydrogens is 299 g/mol. The molecule has 6 nitrogen and oxygen atoms in total. The zero-order valence-electron chi connectivity index (χ0n) is 10.4. The summed E-state index contributed by atoms with van der Waals surface area (Å²) >= 11 is 1.11. The van der Waals surface area contributed by atoms with Gasteiger partial charge in [-0.1, -0.05) is 0 Å². The van der Waals surface area contributed by atoms with E-state index in [4.69, 9.17) is 5.11 Å². The molecule has 20 heavy (non-hydrogen) atoms. The third-order valence-corrected chi connectivity index (χ3v) is 3.06. The van der Waals surface area contributed by atoms with Crippen molar-refractivity contribution in [2.45, 2.75) is 12.6 Å². The number of urea groups is 1. The number of aromatic carboxylic acids is 1. The Kier molecular flexibility index (Phi) is 5.31. The van der Waals surface area contributed by atoms with Crippen LogP contribution in [0.15, 0.2) is 5.38 Å². The average Bonchev–Trinajstić information content (AvgIpc) is 2.75. The maximum atomic E-state index is 12.0. The van der Waals surface area contributed by atoms with E-state index in [-0.39, 0.29) is 18.7 Å². The molecule has 1 heterocycles. The number of carboxylic acid groups (broad SMARTS) is 1. The zero-order chi connectivity index (χ0) is 15.3. The van der Waals surface area contributed by atoms with Crippen LogP contribution in [-0.4, -0.2) is 53.3 Å². The molecule has 0 atom stereocenters. The van der Waals surface area contributed by atoms with Crippen molar-refractivity contribution in [2.24, 2.45) is 0 Å². The zero-order valence-corrected chi connectivity index (χ0v) is 11.2. The van der Waals surface area contributed by atoms with Crippen LogP contribution < -0.4 is 5.32 Å². The number of alkyl halides is 3. The van der Waals surface area contributed by atoms with Crippen molar-refractivity contribution in [1.29, 1.82) is 0 Å². The van der Waals surface area contributed by atoms with Gasteiger partial charge in [0.15, 0.2) is 5.69 Å². The molecule has 0 unspecified atom stereocenters. The fourth-order valence-corrected chi connectivity index (χ4v) is 2.05. The van der Waals surface area contributed by atoms with Gasteiger partial charge in [0.25, 0.3) is 0 Å². The van der Waals surface area contributed by atoms with Gasteiger partial charge < -0.3 is 15.3 Å². The summed E-state index contributed by atoms with van der Waals surface area (Å²) < 4.78 is 36.1. The Morgan fingerprint density at radius 3 is 2.65 bits per heavy atom. The lowest BCUT2D eigenvalue weighted by molar-refractivity contribution is -0.137. The number of carbonyl (C=O) groups is 2. The molecule has 0 aliphatic rings. The van der Waals surface area contributed by atoms with E-state index in [9.17, 15) is 22.8 Å². The van der Waals surface area contributed by atoms with Crippen LogP contribution in [0.3, 0.4) is 0 Å². The second-order valence-corrected chi connectivity index (χ2v) is 4.83. The van der Waals surface area contributed by atoms with Crippen molar-refractivity contribution in [3.8, 4) is 0 Å². The molecule has 0 bridgehead atoms. The molecule has 1 rings (SSSR count). The van der Waals surface area contributed by atoms with E-state index >= 15 is 0 Å². The number of nitrogens with one attached hydrogen (secondary N) is 1. The van der Waals surface area contributed by atoms with Gasteiger partial charge >= 0.3 is 18.2 Å². The molecule has 0 aliphatic carbocycles. The molecule has 10 heteroatoms. The predicted molar refractivity (Wildman–Crippen MR) is 64.9 cm³/mol. The lowest BCUT2D eigenvalue weighted by Crippen LogP contribution is -2.42. The van der Waals surface area contributed by atoms with Crippen LogP contribution in [0.1, 0.15) is 15.5 Å². The molecule has 1 aromatic rings. The van der Waals surface area contributed by atoms with Gasteiger partial charge in [-0.25, -0.2) is 14.6 Å². The number of hydrogen-bond donors (Lipinski definition) is 2. The van der Waals surface area contributed by atoms with Crippen molar-refractivity contribution in [1.82, 2.24) is 15.2 Å². The Hall–Kier alpha value is -1.84. The second kappa shape index (κ2) is 6.55. The molecule has 112 valence electrons. The number of rotatable bonds is 5. The average molecular weight is 311 g/mol. The fraction of sp³-hybridized carbons (Fsp3) is 0.500. The normalized spacial score (nSPS) is 11.2. The SMILES string of the molecule is CN(CC(F)(F)F)C(=O)NCCc1nc(C(=O)O)cs1. The van der Waals surface area contributed by atoms with Crippen molar-refractivity contribution in [3.05, 3.63) is 16.1 Å². The summed E-state index contributed by atoms with van der Waals surface area (Å²) in [6.45, 7) is -1.26. The highest BCUT2D eigenvalue weighted by molar-refractivity contribution is 7.09. The van der Waals surface area contributed by atoms with Crippen molar-refractivity contribution >= 4 is 23.3 Å². The molecule has 0 fully saturated rings. The van der Waals surface area contributed by atoms with Crippen LogP contribution in [-0.2, 0) is 6.42 Å². The topological polar surface area (TPSA) is 82.5 Å². The summed E-state index contributed by atoms with van der Waals surface area (Å²) in [7, 11) is 1.04. The van der Waals surface area contributed by atoms with Crippen LogP contribution in [0, 0.1) is 0 Å². The van der Waals surface area contributed by atoms with Gasteiger partial charge in [0, 0.05) is 25.4 Å². The Bertz CT molecular complexity index is 490. The second-order valence-electron chi connectivity index (χ2n) is 3.88. The molecule has 2 amide bonds. The number of amides is 2. The first kappa shape index (κ1) is 16.2. The largest absolute Gasteiger partial charge is 0.476 e. The number of aromatic nitrogens is 1. The molecule has 0 radical (unpaired) electrons. The predicted octanol–water partition coefficient (Wildman–Crippen LogP) is 1.59. The van der Waals surface area contributed by atoms with Gasteiger partial charge in [-0.3, -0.25) is 0 Å². The van der Waals surface area contributed by atoms with E-state index in [0.717, 1.165) is 18.4 Å². The number of hydrogen-bond acceptors (Lipinski definition) is 4. The summed E-state index contributed by atoms with van der Waals surface area (Å²) in [4.78, 5) is 26.2. The maximum Gasteiger partial charge on any atom is 0.406 e. The van der Waals surface area contributed by atoms with Crippen LogP contribution in [0.5, 0.6) is 0 Å². The molecule has 0 spiro atoms. The van der Waals surface area contributed by atoms with E-state index < -0.39 is 24.7 Å². The van der Waals surface area contributed by atoms with Crippen LogP contribution in [0.4, 0.5) is 18.0 Å². The van der Waals surface area contributed by atoms with Crippen LogP contribution >= 0.6 is 11.3 Å². The summed E-state index contributed by atoms with van der Waals surface area (Å²) in [5, 5.41) is 12.8. The van der Waals surface area contributed by atoms with Gasteiger partial charge in [-0.15, -0.1) is 11.3 Å². The fourth-order valence-electron chi connectivity index (χ4n) is 1.28. The molecular formula is C10H12F3N3O3S. The molecule has 1 aromatic heterocycles. The van der Waals surface area contributed by atoms with Crippen molar-refractivity contribution in [3.63, 3.8) is 0 Å². The first-order chi connectivity index (χ1) is 9.19. The van der Waals surface area contributed by atoms with Crippen LogP contribution in [0.2, 0.25) is 0 Å². The molecule has 0 saturated carbocycles. The monoisotopic (exact) mass is 311 g/mol. The summed E-state index contributed by atoms with van der Waals surface area (Å²) in [6.07, 6.45) is -4.19. The summed E-state index contributed by atoms with van der Waals surface area (Å²) in [5.41, 5.74) is -0.0921. The lowest BCUT2D eigenvalue weighted by atomic mass is 10.4. The Balaban J connectivity index is 2.36. The number of nitrogens with zero attached hydrogens (tertiary/aromatic N) is 2. The molecule has 2 N–H and O–H groups in total. The minimum absolute atomic E-state index is 0.0770. The van der Waals surface area contributed by atoms with Crippen molar-refractivity contribution in [2.75, 3.05) is 20.1 Å². The summed E-state index contributed by atoms with van der Waals surface area (Å²) in [5.74, 6) is -1.15. The standard InChI is InChI=1S/C10H12F3N3O3S/c1-16(5-10(11,12)13)9(19)14-3-2-7-15-6(4-20-7)8(17)18/h4H,2-3,5H2,1H3,(H,14,19)(H,17,18). The van der Waals surface area contributed by atoms with E-state index in [1.165, 1.54) is 5.38 Å². The number of carbonyl (C=O) groups excluding carboxylic acids is 1. The van der Waals surface area contributed by atoms with Gasteiger partial charge in [-0.2, -0.15) is 13.2 Å². The highest BCUT2D eigenvalue weighted by Crippen LogP contribution is 2.15. The Morgan fingerprint density at radius 1 is 1.50 bits per heavy atom. The molecule has 0 saturated heterocycles. The van der Waals surface area contributed by atoms with E-state index in [1.54, 1.807) is 0 Å². The Morgan fingerprint density at radius 2 is 2.15 bits per heavy atom.